The summed E-state index contributed by atoms with van der Waals surface area (Å²) in [6.45, 7) is 0.440. The molecule has 0 aromatic heterocycles. The van der Waals surface area contributed by atoms with E-state index >= 15 is 0 Å². The molecule has 21 heavy (non-hydrogen) atoms. The summed E-state index contributed by atoms with van der Waals surface area (Å²) in [5.41, 5.74) is 2.05. The highest BCUT2D eigenvalue weighted by molar-refractivity contribution is 5.91. The molecule has 0 fully saturated rings. The number of rotatable bonds is 7. The summed E-state index contributed by atoms with van der Waals surface area (Å²) in [5.74, 6) is -0.968. The summed E-state index contributed by atoms with van der Waals surface area (Å²) in [5, 5.41) is 8.56. The Labute approximate surface area is 125 Å². The molecule has 0 radical (unpaired) electrons. The largest absolute Gasteiger partial charge is 0.481 e. The van der Waals surface area contributed by atoms with Gasteiger partial charge in [-0.15, -0.1) is 0 Å². The third-order valence-electron chi connectivity index (χ3n) is 3.09. The van der Waals surface area contributed by atoms with Gasteiger partial charge in [0.1, 0.15) is 0 Å². The Bertz CT molecular complexity index is 507. The van der Waals surface area contributed by atoms with Gasteiger partial charge in [0.2, 0.25) is 5.91 Å². The first kappa shape index (κ1) is 16.8. The van der Waals surface area contributed by atoms with Crippen LogP contribution in [0.4, 0.5) is 5.69 Å². The summed E-state index contributed by atoms with van der Waals surface area (Å²) in [6.07, 6.45) is 3.80. The van der Waals surface area contributed by atoms with E-state index in [1.54, 1.807) is 13.1 Å². The lowest BCUT2D eigenvalue weighted by molar-refractivity contribution is -0.137. The fraction of sp³-hybridized carbons (Fsp3) is 0.375. The van der Waals surface area contributed by atoms with Crippen LogP contribution < -0.4 is 4.90 Å². The molecule has 0 aliphatic carbocycles. The zero-order valence-electron chi connectivity index (χ0n) is 12.7. The van der Waals surface area contributed by atoms with E-state index in [4.69, 9.17) is 5.11 Å². The lowest BCUT2D eigenvalue weighted by Crippen LogP contribution is -2.26. The highest BCUT2D eigenvalue weighted by Crippen LogP contribution is 2.13. The SMILES string of the molecule is CN(CCCC(=O)O)C(=O)/C=C/c1ccc(N(C)C)cc1. The third-order valence-corrected chi connectivity index (χ3v) is 3.09. The van der Waals surface area contributed by atoms with Crippen LogP contribution in [-0.2, 0) is 9.59 Å². The smallest absolute Gasteiger partial charge is 0.303 e. The van der Waals surface area contributed by atoms with Gasteiger partial charge in [0.05, 0.1) is 0 Å². The normalized spacial score (nSPS) is 10.6. The third kappa shape index (κ3) is 6.12. The van der Waals surface area contributed by atoms with Crippen LogP contribution in [0.15, 0.2) is 30.3 Å². The zero-order chi connectivity index (χ0) is 15.8. The average Bonchev–Trinajstić information content (AvgIpc) is 2.44. The van der Waals surface area contributed by atoms with Gasteiger partial charge in [0.25, 0.3) is 0 Å². The number of anilines is 1. The van der Waals surface area contributed by atoms with Crippen molar-refractivity contribution in [2.75, 3.05) is 32.6 Å². The molecule has 0 atom stereocenters. The molecular formula is C16H22N2O3. The number of carbonyl (C=O) groups is 2. The molecule has 1 amide bonds. The van der Waals surface area contributed by atoms with Gasteiger partial charge in [-0.2, -0.15) is 0 Å². The highest BCUT2D eigenvalue weighted by Gasteiger charge is 2.05. The molecule has 1 N–H and O–H groups in total. The molecule has 0 spiro atoms. The van der Waals surface area contributed by atoms with Gasteiger partial charge in [-0.1, -0.05) is 12.1 Å². The molecule has 5 heteroatoms. The van der Waals surface area contributed by atoms with Gasteiger partial charge in [-0.3, -0.25) is 9.59 Å². The Morgan fingerprint density at radius 3 is 2.29 bits per heavy atom. The lowest BCUT2D eigenvalue weighted by Gasteiger charge is -2.14. The van der Waals surface area contributed by atoms with Crippen LogP contribution in [0.2, 0.25) is 0 Å². The topological polar surface area (TPSA) is 60.9 Å². The first-order valence-electron chi connectivity index (χ1n) is 6.82. The number of hydrogen-bond acceptors (Lipinski definition) is 3. The van der Waals surface area contributed by atoms with E-state index in [0.717, 1.165) is 11.3 Å². The standard InChI is InChI=1S/C16H22N2O3/c1-17(2)14-9-6-13(7-10-14)8-11-15(19)18(3)12-4-5-16(20)21/h6-11H,4-5,12H2,1-3H3,(H,20,21)/b11-8+. The number of carboxylic acids is 1. The Balaban J connectivity index is 2.50. The van der Waals surface area contributed by atoms with E-state index < -0.39 is 5.97 Å². The highest BCUT2D eigenvalue weighted by atomic mass is 16.4. The first-order valence-corrected chi connectivity index (χ1v) is 6.82. The fourth-order valence-electron chi connectivity index (χ4n) is 1.76. The van der Waals surface area contributed by atoms with Crippen LogP contribution in [0.25, 0.3) is 6.08 Å². The Hall–Kier alpha value is -2.30. The molecule has 1 aromatic rings. The van der Waals surface area contributed by atoms with E-state index in [1.165, 1.54) is 11.0 Å². The maximum absolute atomic E-state index is 11.9. The minimum atomic E-state index is -0.840. The van der Waals surface area contributed by atoms with Gasteiger partial charge in [0, 0.05) is 45.9 Å². The summed E-state index contributed by atoms with van der Waals surface area (Å²) in [6, 6.07) is 7.87. The molecule has 0 heterocycles. The molecule has 114 valence electrons. The Morgan fingerprint density at radius 2 is 1.76 bits per heavy atom. The number of carbonyl (C=O) groups excluding carboxylic acids is 1. The van der Waals surface area contributed by atoms with Crippen molar-refractivity contribution in [3.05, 3.63) is 35.9 Å². The van der Waals surface area contributed by atoms with Gasteiger partial charge >= 0.3 is 5.97 Å². The lowest BCUT2D eigenvalue weighted by atomic mass is 10.2. The molecule has 0 saturated carbocycles. The zero-order valence-corrected chi connectivity index (χ0v) is 12.7. The summed E-state index contributed by atoms with van der Waals surface area (Å²) in [4.78, 5) is 25.8. The summed E-state index contributed by atoms with van der Waals surface area (Å²) >= 11 is 0. The van der Waals surface area contributed by atoms with E-state index in [2.05, 4.69) is 0 Å². The Kier molecular flexibility index (Phi) is 6.46. The van der Waals surface area contributed by atoms with Crippen LogP contribution in [0, 0.1) is 0 Å². The second-order valence-electron chi connectivity index (χ2n) is 5.08. The molecule has 0 bridgehead atoms. The molecule has 5 nitrogen and oxygen atoms in total. The predicted molar refractivity (Wildman–Crippen MR) is 84.3 cm³/mol. The van der Waals surface area contributed by atoms with Crippen LogP contribution in [-0.4, -0.2) is 49.6 Å². The number of aliphatic carboxylic acids is 1. The first-order chi connectivity index (χ1) is 9.90. The summed E-state index contributed by atoms with van der Waals surface area (Å²) < 4.78 is 0. The minimum absolute atomic E-state index is 0.0767. The molecule has 0 aliphatic heterocycles. The van der Waals surface area contributed by atoms with Crippen molar-refractivity contribution in [1.82, 2.24) is 4.90 Å². The van der Waals surface area contributed by atoms with Crippen molar-refractivity contribution >= 4 is 23.6 Å². The second-order valence-corrected chi connectivity index (χ2v) is 5.08. The molecule has 0 saturated heterocycles. The maximum Gasteiger partial charge on any atom is 0.303 e. The van der Waals surface area contributed by atoms with E-state index in [0.29, 0.717) is 13.0 Å². The maximum atomic E-state index is 11.9. The predicted octanol–water partition coefficient (Wildman–Crippen LogP) is 2.09. The van der Waals surface area contributed by atoms with Crippen molar-refractivity contribution in [3.8, 4) is 0 Å². The number of benzene rings is 1. The quantitative estimate of drug-likeness (QED) is 0.781. The fourth-order valence-corrected chi connectivity index (χ4v) is 1.76. The number of likely N-dealkylation sites (N-methyl/N-ethyl adjacent to an activating group) is 1. The Morgan fingerprint density at radius 1 is 1.14 bits per heavy atom. The number of amides is 1. The molecular weight excluding hydrogens is 268 g/mol. The van der Waals surface area contributed by atoms with Gasteiger partial charge in [0.15, 0.2) is 0 Å². The van der Waals surface area contributed by atoms with Gasteiger partial charge in [-0.05, 0) is 30.2 Å². The van der Waals surface area contributed by atoms with Crippen LogP contribution >= 0.6 is 0 Å². The van der Waals surface area contributed by atoms with Crippen molar-refractivity contribution in [2.24, 2.45) is 0 Å². The number of nitrogens with zero attached hydrogens (tertiary/aromatic N) is 2. The van der Waals surface area contributed by atoms with Gasteiger partial charge in [-0.25, -0.2) is 0 Å². The van der Waals surface area contributed by atoms with Crippen LogP contribution in [0.3, 0.4) is 0 Å². The minimum Gasteiger partial charge on any atom is -0.481 e. The molecule has 1 aromatic carbocycles. The van der Waals surface area contributed by atoms with Gasteiger partial charge < -0.3 is 14.9 Å². The average molecular weight is 290 g/mol. The van der Waals surface area contributed by atoms with Crippen molar-refractivity contribution in [2.45, 2.75) is 12.8 Å². The summed E-state index contributed by atoms with van der Waals surface area (Å²) in [7, 11) is 5.62. The molecule has 0 aliphatic rings. The molecule has 1 rings (SSSR count). The van der Waals surface area contributed by atoms with Crippen LogP contribution in [0.5, 0.6) is 0 Å². The van der Waals surface area contributed by atoms with E-state index in [1.807, 2.05) is 43.3 Å². The van der Waals surface area contributed by atoms with Crippen molar-refractivity contribution in [3.63, 3.8) is 0 Å². The number of hydrogen-bond donors (Lipinski definition) is 1. The van der Waals surface area contributed by atoms with Crippen molar-refractivity contribution in [1.29, 1.82) is 0 Å². The monoisotopic (exact) mass is 290 g/mol. The van der Waals surface area contributed by atoms with E-state index in [9.17, 15) is 9.59 Å². The van der Waals surface area contributed by atoms with Crippen molar-refractivity contribution < 1.29 is 14.7 Å². The van der Waals surface area contributed by atoms with Crippen LogP contribution in [0.1, 0.15) is 18.4 Å². The molecule has 0 unspecified atom stereocenters. The van der Waals surface area contributed by atoms with E-state index in [-0.39, 0.29) is 12.3 Å². The second kappa shape index (κ2) is 8.09. The number of carboxylic acid groups (broad SMARTS) is 1.